The average Bonchev–Trinajstić information content (AvgIpc) is 3.43. The second-order valence-corrected chi connectivity index (χ2v) is 9.21. The molecule has 0 radical (unpaired) electrons. The lowest BCUT2D eigenvalue weighted by molar-refractivity contribution is -0.143. The first-order valence-electron chi connectivity index (χ1n) is 11.9. The summed E-state index contributed by atoms with van der Waals surface area (Å²) in [6.45, 7) is 0.950. The first-order valence-corrected chi connectivity index (χ1v) is 11.9. The van der Waals surface area contributed by atoms with Crippen LogP contribution in [-0.2, 0) is 12.4 Å². The first-order chi connectivity index (χ1) is 18.5. The average molecular weight is 542 g/mol. The van der Waals surface area contributed by atoms with Crippen LogP contribution < -0.4 is 0 Å². The van der Waals surface area contributed by atoms with Crippen LogP contribution >= 0.6 is 0 Å². The molecule has 1 aliphatic rings. The van der Waals surface area contributed by atoms with Crippen molar-refractivity contribution >= 4 is 5.91 Å². The highest BCUT2D eigenvalue weighted by molar-refractivity contribution is 5.98. The van der Waals surface area contributed by atoms with Gasteiger partial charge in [0.15, 0.2) is 0 Å². The number of carbonyl (C=O) groups excluding carboxylic acids is 1. The Kier molecular flexibility index (Phi) is 6.83. The molecule has 1 atom stereocenters. The number of alkyl halides is 6. The first kappa shape index (κ1) is 26.3. The Labute approximate surface area is 219 Å². The minimum atomic E-state index is -5.00. The Hall–Kier alpha value is -4.28. The van der Waals surface area contributed by atoms with Gasteiger partial charge in [-0.2, -0.15) is 26.3 Å². The molecule has 1 unspecified atom stereocenters. The predicted molar refractivity (Wildman–Crippen MR) is 130 cm³/mol. The highest BCUT2D eigenvalue weighted by Gasteiger charge is 2.37. The van der Waals surface area contributed by atoms with Gasteiger partial charge >= 0.3 is 12.4 Å². The van der Waals surface area contributed by atoms with E-state index in [0.29, 0.717) is 30.8 Å². The fraction of sp³-hybridized carbons (Fsp3) is 0.214. The molecular formula is C28H20F6N4O. The zero-order valence-electron chi connectivity index (χ0n) is 20.2. The summed E-state index contributed by atoms with van der Waals surface area (Å²) < 4.78 is 81.2. The molecule has 0 aliphatic carbocycles. The molecule has 4 aromatic rings. The lowest BCUT2D eigenvalue weighted by Crippen LogP contribution is -2.28. The van der Waals surface area contributed by atoms with E-state index in [0.717, 1.165) is 12.0 Å². The van der Waals surface area contributed by atoms with Crippen molar-refractivity contribution in [1.82, 2.24) is 19.9 Å². The number of likely N-dealkylation sites (tertiary alicyclic amines) is 1. The number of hydrogen-bond acceptors (Lipinski definition) is 4. The number of pyridine rings is 1. The van der Waals surface area contributed by atoms with Crippen molar-refractivity contribution in [3.63, 3.8) is 0 Å². The molecular weight excluding hydrogens is 522 g/mol. The third-order valence-corrected chi connectivity index (χ3v) is 6.67. The standard InChI is InChI=1S/C28H20F6N4O/c29-27(30,31)22-8-20(9-23(11-22)28(32,33)34)24-4-3-17(10-25(24)21-13-36-16-37-14-21)26(39)38-7-5-19(15-38)18-2-1-6-35-12-18/h1-4,6,8-14,16,19H,5,7,15H2. The number of benzene rings is 2. The molecule has 5 rings (SSSR count). The zero-order valence-corrected chi connectivity index (χ0v) is 20.2. The van der Waals surface area contributed by atoms with Crippen LogP contribution in [0.2, 0.25) is 0 Å². The van der Waals surface area contributed by atoms with Crippen LogP contribution in [-0.4, -0.2) is 38.8 Å². The summed E-state index contributed by atoms with van der Waals surface area (Å²) in [6.07, 6.45) is -1.83. The SMILES string of the molecule is O=C(c1ccc(-c2cc(C(F)(F)F)cc(C(F)(F)F)c2)c(-c2cncnc2)c1)N1CCC(c2cccnc2)C1. The molecule has 39 heavy (non-hydrogen) atoms. The van der Waals surface area contributed by atoms with E-state index in [4.69, 9.17) is 0 Å². The Bertz CT molecular complexity index is 1460. The quantitative estimate of drug-likeness (QED) is 0.264. The van der Waals surface area contributed by atoms with E-state index in [-0.39, 0.29) is 40.1 Å². The second kappa shape index (κ2) is 10.1. The van der Waals surface area contributed by atoms with Gasteiger partial charge in [0.1, 0.15) is 6.33 Å². The normalized spacial score (nSPS) is 15.9. The maximum Gasteiger partial charge on any atom is 0.416 e. The summed E-state index contributed by atoms with van der Waals surface area (Å²) in [4.78, 5) is 27.1. The topological polar surface area (TPSA) is 59.0 Å². The van der Waals surface area contributed by atoms with Gasteiger partial charge in [-0.25, -0.2) is 9.97 Å². The maximum absolute atomic E-state index is 13.5. The smallest absolute Gasteiger partial charge is 0.338 e. The Morgan fingerprint density at radius 3 is 2.10 bits per heavy atom. The number of hydrogen-bond donors (Lipinski definition) is 0. The van der Waals surface area contributed by atoms with Crippen LogP contribution in [0.4, 0.5) is 26.3 Å². The van der Waals surface area contributed by atoms with Crippen molar-refractivity contribution in [2.24, 2.45) is 0 Å². The van der Waals surface area contributed by atoms with Crippen LogP contribution in [0.1, 0.15) is 39.4 Å². The summed E-state index contributed by atoms with van der Waals surface area (Å²) in [5.41, 5.74) is -1.26. The monoisotopic (exact) mass is 542 g/mol. The lowest BCUT2D eigenvalue weighted by Gasteiger charge is -2.19. The van der Waals surface area contributed by atoms with Crippen LogP contribution in [0.3, 0.4) is 0 Å². The van der Waals surface area contributed by atoms with E-state index >= 15 is 0 Å². The minimum Gasteiger partial charge on any atom is -0.338 e. The van der Waals surface area contributed by atoms with Gasteiger partial charge in [0, 0.05) is 54.9 Å². The highest BCUT2D eigenvalue weighted by Crippen LogP contribution is 2.41. The van der Waals surface area contributed by atoms with Crippen LogP contribution in [0.5, 0.6) is 0 Å². The van der Waals surface area contributed by atoms with E-state index in [1.807, 2.05) is 12.1 Å². The number of halogens is 6. The largest absolute Gasteiger partial charge is 0.416 e. The molecule has 0 bridgehead atoms. The minimum absolute atomic E-state index is 0.0765. The van der Waals surface area contributed by atoms with Crippen molar-refractivity contribution in [3.05, 3.63) is 102 Å². The third kappa shape index (κ3) is 5.62. The van der Waals surface area contributed by atoms with Crippen molar-refractivity contribution in [1.29, 1.82) is 0 Å². The highest BCUT2D eigenvalue weighted by atomic mass is 19.4. The van der Waals surface area contributed by atoms with E-state index in [9.17, 15) is 31.1 Å². The van der Waals surface area contributed by atoms with Gasteiger partial charge in [-0.1, -0.05) is 12.1 Å². The molecule has 5 nitrogen and oxygen atoms in total. The zero-order chi connectivity index (χ0) is 27.8. The van der Waals surface area contributed by atoms with E-state index in [2.05, 4.69) is 15.0 Å². The van der Waals surface area contributed by atoms with Gasteiger partial charge in [-0.3, -0.25) is 9.78 Å². The lowest BCUT2D eigenvalue weighted by atomic mass is 9.91. The predicted octanol–water partition coefficient (Wildman–Crippen LogP) is 6.87. The van der Waals surface area contributed by atoms with Gasteiger partial charge < -0.3 is 4.90 Å². The van der Waals surface area contributed by atoms with E-state index in [1.165, 1.54) is 36.9 Å². The van der Waals surface area contributed by atoms with Gasteiger partial charge in [0.05, 0.1) is 11.1 Å². The van der Waals surface area contributed by atoms with Crippen LogP contribution in [0.25, 0.3) is 22.3 Å². The molecule has 3 heterocycles. The number of nitrogens with zero attached hydrogens (tertiary/aromatic N) is 4. The number of aromatic nitrogens is 3. The van der Waals surface area contributed by atoms with Gasteiger partial charge in [0.25, 0.3) is 5.91 Å². The third-order valence-electron chi connectivity index (χ3n) is 6.67. The molecule has 0 saturated carbocycles. The van der Waals surface area contributed by atoms with E-state index < -0.39 is 23.5 Å². The number of rotatable bonds is 4. The summed E-state index contributed by atoms with van der Waals surface area (Å²) in [7, 11) is 0. The van der Waals surface area contributed by atoms with Crippen LogP contribution in [0.15, 0.2) is 79.6 Å². The second-order valence-electron chi connectivity index (χ2n) is 9.21. The summed E-state index contributed by atoms with van der Waals surface area (Å²) >= 11 is 0. The van der Waals surface area contributed by atoms with Gasteiger partial charge in [-0.05, 0) is 65.1 Å². The fourth-order valence-electron chi connectivity index (χ4n) is 4.73. The Balaban J connectivity index is 1.56. The fourth-order valence-corrected chi connectivity index (χ4v) is 4.73. The summed E-state index contributed by atoms with van der Waals surface area (Å²) in [5.74, 6) is -0.194. The van der Waals surface area contributed by atoms with Crippen molar-refractivity contribution in [2.45, 2.75) is 24.7 Å². The molecule has 2 aromatic heterocycles. The molecule has 11 heteroatoms. The van der Waals surface area contributed by atoms with Crippen molar-refractivity contribution < 1.29 is 31.1 Å². The van der Waals surface area contributed by atoms with Crippen molar-refractivity contribution in [3.8, 4) is 22.3 Å². The Morgan fingerprint density at radius 1 is 0.795 bits per heavy atom. The Morgan fingerprint density at radius 2 is 1.49 bits per heavy atom. The molecule has 1 aliphatic heterocycles. The van der Waals surface area contributed by atoms with Gasteiger partial charge in [-0.15, -0.1) is 0 Å². The van der Waals surface area contributed by atoms with E-state index in [1.54, 1.807) is 17.3 Å². The maximum atomic E-state index is 13.5. The molecule has 1 fully saturated rings. The van der Waals surface area contributed by atoms with Crippen molar-refractivity contribution in [2.75, 3.05) is 13.1 Å². The molecule has 1 amide bonds. The molecule has 1 saturated heterocycles. The molecule has 0 spiro atoms. The molecule has 200 valence electrons. The number of carbonyl (C=O) groups is 1. The molecule has 2 aromatic carbocycles. The van der Waals surface area contributed by atoms with Crippen LogP contribution in [0, 0.1) is 0 Å². The molecule has 0 N–H and O–H groups in total. The van der Waals surface area contributed by atoms with Gasteiger partial charge in [0.2, 0.25) is 0 Å². The number of amides is 1. The summed E-state index contributed by atoms with van der Waals surface area (Å²) in [6, 6.07) is 9.41. The summed E-state index contributed by atoms with van der Waals surface area (Å²) in [5, 5.41) is 0.